The van der Waals surface area contributed by atoms with E-state index in [1.165, 1.54) is 0 Å². The highest BCUT2D eigenvalue weighted by Crippen LogP contribution is 2.43. The number of rotatable bonds is 5. The molecule has 118 valence electrons. The molecule has 0 aromatic heterocycles. The fraction of sp³-hybridized carbons (Fsp3) is 0.500. The molecule has 21 heavy (non-hydrogen) atoms. The van der Waals surface area contributed by atoms with Crippen LogP contribution in [-0.2, 0) is 23.5 Å². The van der Waals surface area contributed by atoms with Gasteiger partial charge >= 0.3 is 13.8 Å². The van der Waals surface area contributed by atoms with Crippen molar-refractivity contribution in [1.82, 2.24) is 0 Å². The molecule has 0 heterocycles. The monoisotopic (exact) mass is 324 g/mol. The Morgan fingerprint density at radius 2 is 1.76 bits per heavy atom. The number of aliphatic hydroxyl groups excluding tert-OH is 2. The zero-order valence-corrected chi connectivity index (χ0v) is 11.6. The van der Waals surface area contributed by atoms with Crippen LogP contribution in [0, 0.1) is 0 Å². The Kier molecular flexibility index (Phi) is 5.16. The molecule has 0 amide bonds. The van der Waals surface area contributed by atoms with Gasteiger partial charge in [-0.2, -0.15) is 0 Å². The average molecular weight is 324 g/mol. The Hall–Kier alpha value is -1.42. The summed E-state index contributed by atoms with van der Waals surface area (Å²) in [5.41, 5.74) is -1.62. The number of ketones is 2. The first kappa shape index (κ1) is 17.6. The summed E-state index contributed by atoms with van der Waals surface area (Å²) in [6, 6.07) is 0. The second-order valence-corrected chi connectivity index (χ2v) is 5.55. The molecule has 0 aromatic rings. The molecule has 1 aliphatic rings. The summed E-state index contributed by atoms with van der Waals surface area (Å²) in [6.45, 7) is 0.820. The van der Waals surface area contributed by atoms with Gasteiger partial charge in [0.15, 0.2) is 5.78 Å². The zero-order valence-electron chi connectivity index (χ0n) is 10.7. The van der Waals surface area contributed by atoms with Gasteiger partial charge in [0.25, 0.3) is 0 Å². The number of hydrogen-bond acceptors (Lipinski definition) is 7. The number of phosphoric ester groups is 1. The van der Waals surface area contributed by atoms with E-state index in [9.17, 15) is 29.2 Å². The molecule has 0 bridgehead atoms. The van der Waals surface area contributed by atoms with E-state index in [2.05, 4.69) is 4.52 Å². The third-order valence-electron chi connectivity index (χ3n) is 2.80. The van der Waals surface area contributed by atoms with E-state index in [-0.39, 0.29) is 0 Å². The molecule has 0 saturated heterocycles. The van der Waals surface area contributed by atoms with Crippen molar-refractivity contribution in [2.24, 2.45) is 0 Å². The predicted octanol–water partition coefficient (Wildman–Crippen LogP) is -1.87. The first-order valence-electron chi connectivity index (χ1n) is 5.57. The lowest BCUT2D eigenvalue weighted by Crippen LogP contribution is -2.47. The third kappa shape index (κ3) is 4.03. The van der Waals surface area contributed by atoms with E-state index < -0.39 is 61.2 Å². The van der Waals surface area contributed by atoms with Crippen molar-refractivity contribution in [3.05, 3.63) is 11.1 Å². The number of Topliss-reactive ketones (excluding diaryl/α,β-unsaturated/α-hetero) is 2. The molecular formula is C10H13O10P. The van der Waals surface area contributed by atoms with Crippen molar-refractivity contribution in [2.75, 3.05) is 0 Å². The standard InChI is InChI=1S/C10H13O10P/c1-3(11)7(13)6-4(10(15)16)2-5(12)8(14)9(6)20-21(17,18)19/h5,8-9,12,14H,2H2,1H3,(H,15,16)(H2,17,18,19)/t5-,8+,9-/m1/s1. The SMILES string of the molecule is CC(=O)C(=O)C1=C(C(=O)O)C[C@@H](O)[C@H](O)[C@@H]1OP(=O)(O)O. The number of carboxylic acids is 1. The fourth-order valence-electron chi connectivity index (χ4n) is 1.91. The van der Waals surface area contributed by atoms with Crippen molar-refractivity contribution in [1.29, 1.82) is 0 Å². The van der Waals surface area contributed by atoms with Gasteiger partial charge in [0, 0.05) is 24.5 Å². The number of carbonyl (C=O) groups is 3. The second-order valence-electron chi connectivity index (χ2n) is 4.36. The maximum absolute atomic E-state index is 11.8. The summed E-state index contributed by atoms with van der Waals surface area (Å²) >= 11 is 0. The lowest BCUT2D eigenvalue weighted by atomic mass is 9.82. The smallest absolute Gasteiger partial charge is 0.470 e. The number of phosphoric acid groups is 1. The predicted molar refractivity (Wildman–Crippen MR) is 63.9 cm³/mol. The van der Waals surface area contributed by atoms with E-state index in [1.54, 1.807) is 0 Å². The van der Waals surface area contributed by atoms with Gasteiger partial charge in [0.2, 0.25) is 5.78 Å². The Morgan fingerprint density at radius 3 is 2.14 bits per heavy atom. The maximum atomic E-state index is 11.8. The molecule has 0 radical (unpaired) electrons. The summed E-state index contributed by atoms with van der Waals surface area (Å²) in [7, 11) is -5.22. The van der Waals surface area contributed by atoms with E-state index in [0.717, 1.165) is 6.92 Å². The molecule has 0 aromatic carbocycles. The Morgan fingerprint density at radius 1 is 1.24 bits per heavy atom. The zero-order chi connectivity index (χ0) is 16.5. The van der Waals surface area contributed by atoms with Gasteiger partial charge in [-0.1, -0.05) is 0 Å². The van der Waals surface area contributed by atoms with Gasteiger partial charge in [-0.05, 0) is 0 Å². The van der Waals surface area contributed by atoms with Crippen LogP contribution in [0.2, 0.25) is 0 Å². The number of aliphatic hydroxyl groups is 2. The third-order valence-corrected chi connectivity index (χ3v) is 3.30. The first-order chi connectivity index (χ1) is 9.45. The van der Waals surface area contributed by atoms with Crippen LogP contribution in [0.3, 0.4) is 0 Å². The highest BCUT2D eigenvalue weighted by molar-refractivity contribution is 7.46. The van der Waals surface area contributed by atoms with E-state index in [4.69, 9.17) is 14.9 Å². The van der Waals surface area contributed by atoms with Gasteiger partial charge < -0.3 is 25.1 Å². The van der Waals surface area contributed by atoms with Crippen molar-refractivity contribution >= 4 is 25.4 Å². The van der Waals surface area contributed by atoms with Crippen LogP contribution < -0.4 is 0 Å². The first-order valence-corrected chi connectivity index (χ1v) is 7.10. The Balaban J connectivity index is 3.47. The van der Waals surface area contributed by atoms with E-state index in [0.29, 0.717) is 0 Å². The second kappa shape index (κ2) is 6.14. The molecule has 0 spiro atoms. The number of carbonyl (C=O) groups excluding carboxylic acids is 2. The highest BCUT2D eigenvalue weighted by atomic mass is 31.2. The van der Waals surface area contributed by atoms with E-state index >= 15 is 0 Å². The molecule has 0 fully saturated rings. The van der Waals surface area contributed by atoms with Gasteiger partial charge in [-0.3, -0.25) is 14.1 Å². The van der Waals surface area contributed by atoms with Crippen LogP contribution in [0.15, 0.2) is 11.1 Å². The largest absolute Gasteiger partial charge is 0.478 e. The molecule has 10 nitrogen and oxygen atoms in total. The van der Waals surface area contributed by atoms with E-state index in [1.807, 2.05) is 0 Å². The molecular weight excluding hydrogens is 311 g/mol. The van der Waals surface area contributed by atoms with Crippen molar-refractivity contribution < 1.29 is 48.6 Å². The Bertz CT molecular complexity index is 558. The molecule has 5 N–H and O–H groups in total. The van der Waals surface area contributed by atoms with Crippen LogP contribution in [-0.4, -0.2) is 61.0 Å². The van der Waals surface area contributed by atoms with Crippen LogP contribution in [0.5, 0.6) is 0 Å². The maximum Gasteiger partial charge on any atom is 0.470 e. The molecule has 11 heteroatoms. The molecule has 1 rings (SSSR count). The Labute approximate surface area is 117 Å². The molecule has 3 atom stereocenters. The topological polar surface area (TPSA) is 179 Å². The van der Waals surface area contributed by atoms with Crippen LogP contribution in [0.1, 0.15) is 13.3 Å². The van der Waals surface area contributed by atoms with Crippen LogP contribution >= 0.6 is 7.82 Å². The van der Waals surface area contributed by atoms with Gasteiger partial charge in [-0.25, -0.2) is 9.36 Å². The summed E-state index contributed by atoms with van der Waals surface area (Å²) in [5.74, 6) is -4.15. The average Bonchev–Trinajstić information content (AvgIpc) is 2.32. The lowest BCUT2D eigenvalue weighted by Gasteiger charge is -2.33. The van der Waals surface area contributed by atoms with Crippen molar-refractivity contribution in [2.45, 2.75) is 31.7 Å². The lowest BCUT2D eigenvalue weighted by molar-refractivity contribution is -0.137. The van der Waals surface area contributed by atoms with Crippen LogP contribution in [0.25, 0.3) is 0 Å². The van der Waals surface area contributed by atoms with Crippen LogP contribution in [0.4, 0.5) is 0 Å². The minimum Gasteiger partial charge on any atom is -0.478 e. The molecule has 1 aliphatic carbocycles. The molecule has 0 saturated carbocycles. The number of carboxylic acid groups (broad SMARTS) is 1. The van der Waals surface area contributed by atoms with Gasteiger partial charge in [-0.15, -0.1) is 0 Å². The summed E-state index contributed by atoms with van der Waals surface area (Å²) in [6.07, 6.45) is -6.50. The quantitative estimate of drug-likeness (QED) is 0.284. The highest BCUT2D eigenvalue weighted by Gasteiger charge is 2.45. The van der Waals surface area contributed by atoms with Crippen molar-refractivity contribution in [3.63, 3.8) is 0 Å². The number of hydrogen-bond donors (Lipinski definition) is 5. The minimum absolute atomic E-state index is 0.675. The minimum atomic E-state index is -5.22. The van der Waals surface area contributed by atoms with Gasteiger partial charge in [0.1, 0.15) is 12.2 Å². The van der Waals surface area contributed by atoms with Gasteiger partial charge in [0.05, 0.1) is 6.10 Å². The van der Waals surface area contributed by atoms with Crippen molar-refractivity contribution in [3.8, 4) is 0 Å². The molecule has 0 unspecified atom stereocenters. The fourth-order valence-corrected chi connectivity index (χ4v) is 2.43. The summed E-state index contributed by atoms with van der Waals surface area (Å²) in [5, 5.41) is 28.2. The summed E-state index contributed by atoms with van der Waals surface area (Å²) < 4.78 is 15.1. The normalized spacial score (nSPS) is 26.6. The summed E-state index contributed by atoms with van der Waals surface area (Å²) in [4.78, 5) is 51.5. The molecule has 0 aliphatic heterocycles. The number of aliphatic carboxylic acids is 1.